The van der Waals surface area contributed by atoms with E-state index in [0.29, 0.717) is 11.1 Å². The Balaban J connectivity index is 1.36. The molecular weight excluding hydrogens is 585 g/mol. The predicted molar refractivity (Wildman–Crippen MR) is 163 cm³/mol. The molecule has 4 nitrogen and oxygen atoms in total. The van der Waals surface area contributed by atoms with E-state index in [1.807, 2.05) is 72.8 Å². The van der Waals surface area contributed by atoms with E-state index in [1.54, 1.807) is 0 Å². The van der Waals surface area contributed by atoms with Gasteiger partial charge >= 0.3 is 0 Å². The van der Waals surface area contributed by atoms with Crippen molar-refractivity contribution < 1.29 is 26.7 Å². The number of aryl methyl sites for hydroxylation is 2. The van der Waals surface area contributed by atoms with Crippen LogP contribution in [0.4, 0.5) is 22.0 Å². The van der Waals surface area contributed by atoms with Gasteiger partial charge in [0.25, 0.3) is 5.91 Å². The number of benzene rings is 5. The molecule has 0 atom stereocenters. The lowest BCUT2D eigenvalue weighted by molar-refractivity contribution is 0.0716. The van der Waals surface area contributed by atoms with E-state index in [0.717, 1.165) is 68.0 Å². The molecule has 0 unspecified atom stereocenters. The normalized spacial score (nSPS) is 13.9. The number of nitrogens with zero attached hydrogens (tertiary/aromatic N) is 3. The van der Waals surface area contributed by atoms with E-state index >= 15 is 0 Å². The fourth-order valence-electron chi connectivity index (χ4n) is 6.86. The van der Waals surface area contributed by atoms with Crippen LogP contribution < -0.4 is 0 Å². The maximum Gasteiger partial charge on any atom is 0.260 e. The third kappa shape index (κ3) is 4.13. The monoisotopic (exact) mass is 609 g/mol. The summed E-state index contributed by atoms with van der Waals surface area (Å²) in [6, 6.07) is 27.4. The number of hydrogen-bond acceptors (Lipinski definition) is 1. The molecule has 0 saturated carbocycles. The van der Waals surface area contributed by atoms with Crippen molar-refractivity contribution in [3.8, 4) is 0 Å². The van der Waals surface area contributed by atoms with Crippen LogP contribution in [0.3, 0.4) is 0 Å². The van der Waals surface area contributed by atoms with Gasteiger partial charge < -0.3 is 14.0 Å². The van der Waals surface area contributed by atoms with Crippen LogP contribution in [0.2, 0.25) is 0 Å². The fourth-order valence-corrected chi connectivity index (χ4v) is 6.86. The van der Waals surface area contributed by atoms with Crippen molar-refractivity contribution in [2.45, 2.75) is 32.6 Å². The second-order valence-corrected chi connectivity index (χ2v) is 11.5. The molecule has 224 valence electrons. The lowest BCUT2D eigenvalue weighted by Gasteiger charge is -2.24. The maximum atomic E-state index is 14.9. The molecule has 2 aromatic heterocycles. The highest BCUT2D eigenvalue weighted by Crippen LogP contribution is 2.34. The Morgan fingerprint density at radius 1 is 0.511 bits per heavy atom. The fraction of sp³-hybridized carbons (Fsp3) is 0.139. The highest BCUT2D eigenvalue weighted by Gasteiger charge is 2.32. The summed E-state index contributed by atoms with van der Waals surface area (Å²) in [5.41, 5.74) is 3.91. The van der Waals surface area contributed by atoms with E-state index in [4.69, 9.17) is 0 Å². The molecule has 4 aliphatic heterocycles. The van der Waals surface area contributed by atoms with Gasteiger partial charge in [-0.1, -0.05) is 48.5 Å². The number of carbonyl (C=O) groups is 1. The van der Waals surface area contributed by atoms with Crippen LogP contribution >= 0.6 is 0 Å². The first-order valence-electron chi connectivity index (χ1n) is 14.6. The van der Waals surface area contributed by atoms with Crippen molar-refractivity contribution in [1.82, 2.24) is 14.0 Å². The molecule has 0 N–H and O–H groups in total. The molecule has 1 amide bonds. The summed E-state index contributed by atoms with van der Waals surface area (Å²) in [6.45, 7) is 1.24. The van der Waals surface area contributed by atoms with Crippen LogP contribution in [0, 0.1) is 29.1 Å². The first-order chi connectivity index (χ1) is 21.8. The number of para-hydroxylation sites is 2. The van der Waals surface area contributed by atoms with E-state index in [-0.39, 0.29) is 13.1 Å². The molecule has 7 aromatic rings. The second-order valence-electron chi connectivity index (χ2n) is 11.5. The quantitative estimate of drug-likeness (QED) is 0.104. The Hall–Kier alpha value is -5.18. The predicted octanol–water partition coefficient (Wildman–Crippen LogP) is 8.84. The maximum absolute atomic E-state index is 14.9. The Morgan fingerprint density at radius 2 is 0.933 bits per heavy atom. The highest BCUT2D eigenvalue weighted by atomic mass is 19.2. The Kier molecular flexibility index (Phi) is 6.20. The standard InChI is InChI=1S/C36H24F5N3O/c37-31-30(32(38)34(40)35(41)33(31)39)36(45)42-18-20-10-12-28-24(16-20)22-6-1-3-8-26(22)43(28)14-5-15-44-27-9-4-2-7-23(27)25-17-21(19-42)11-13-29(25)44/h1-4,6-13,16-17H,5,14-15,18-19H2. The molecule has 0 spiro atoms. The molecule has 11 rings (SSSR count). The summed E-state index contributed by atoms with van der Waals surface area (Å²) < 4.78 is 76.8. The molecule has 0 saturated heterocycles. The van der Waals surface area contributed by atoms with Crippen LogP contribution in [0.5, 0.6) is 0 Å². The minimum Gasteiger partial charge on any atom is -0.340 e. The first-order valence-corrected chi connectivity index (χ1v) is 14.6. The SMILES string of the molecule is O=C(c1c(F)c(F)c(F)c(F)c1F)N1Cc2ccc3c(c2)c2ccccc2n3CCCn2c3ccccc3c3cc(ccc32)C1. The van der Waals surface area contributed by atoms with Crippen molar-refractivity contribution in [1.29, 1.82) is 0 Å². The molecule has 5 aromatic carbocycles. The molecule has 0 aliphatic carbocycles. The summed E-state index contributed by atoms with van der Waals surface area (Å²) in [5.74, 6) is -12.2. The van der Waals surface area contributed by atoms with Crippen molar-refractivity contribution in [3.63, 3.8) is 0 Å². The largest absolute Gasteiger partial charge is 0.340 e. The first kappa shape index (κ1) is 27.4. The Labute approximate surface area is 253 Å². The van der Waals surface area contributed by atoms with Crippen LogP contribution in [-0.4, -0.2) is 19.9 Å². The van der Waals surface area contributed by atoms with Crippen LogP contribution in [0.1, 0.15) is 27.9 Å². The van der Waals surface area contributed by atoms with Gasteiger partial charge in [-0.15, -0.1) is 0 Å². The molecule has 0 fully saturated rings. The number of fused-ring (bicyclic) bond motifs is 2. The smallest absolute Gasteiger partial charge is 0.260 e. The number of hydrogen-bond donors (Lipinski definition) is 0. The third-order valence-corrected chi connectivity index (χ3v) is 8.89. The van der Waals surface area contributed by atoms with Crippen molar-refractivity contribution in [3.05, 3.63) is 131 Å². The number of amides is 1. The summed E-state index contributed by atoms with van der Waals surface area (Å²) in [4.78, 5) is 14.9. The molecule has 0 radical (unpaired) electrons. The molecule has 9 heteroatoms. The summed E-state index contributed by atoms with van der Waals surface area (Å²) in [5, 5.41) is 3.90. The Morgan fingerprint density at radius 3 is 1.42 bits per heavy atom. The van der Waals surface area contributed by atoms with Gasteiger partial charge in [0.2, 0.25) is 5.82 Å². The number of halogens is 5. The molecule has 8 bridgehead atoms. The zero-order chi connectivity index (χ0) is 31.0. The second kappa shape index (κ2) is 10.2. The number of rotatable bonds is 1. The number of aromatic nitrogens is 2. The van der Waals surface area contributed by atoms with E-state index < -0.39 is 40.6 Å². The Bertz CT molecular complexity index is 2200. The van der Waals surface area contributed by atoms with Gasteiger partial charge in [0.05, 0.1) is 0 Å². The minimum atomic E-state index is -2.31. The molecule has 6 heterocycles. The van der Waals surface area contributed by atoms with Crippen molar-refractivity contribution >= 4 is 49.5 Å². The van der Waals surface area contributed by atoms with Gasteiger partial charge in [0.1, 0.15) is 5.56 Å². The van der Waals surface area contributed by atoms with Crippen LogP contribution in [0.25, 0.3) is 43.6 Å². The van der Waals surface area contributed by atoms with Gasteiger partial charge in [-0.3, -0.25) is 4.79 Å². The van der Waals surface area contributed by atoms with Gasteiger partial charge in [-0.05, 0) is 53.9 Å². The topological polar surface area (TPSA) is 30.2 Å². The molecular formula is C36H24F5N3O. The zero-order valence-corrected chi connectivity index (χ0v) is 23.8. The molecule has 4 aliphatic rings. The lowest BCUT2D eigenvalue weighted by atomic mass is 10.1. The summed E-state index contributed by atoms with van der Waals surface area (Å²) >= 11 is 0. The van der Waals surface area contributed by atoms with Crippen LogP contribution in [0.15, 0.2) is 84.9 Å². The van der Waals surface area contributed by atoms with Crippen molar-refractivity contribution in [2.24, 2.45) is 0 Å². The highest BCUT2D eigenvalue weighted by molar-refractivity contribution is 6.09. The summed E-state index contributed by atoms with van der Waals surface area (Å²) in [6.07, 6.45) is 0.870. The van der Waals surface area contributed by atoms with Crippen molar-refractivity contribution in [2.75, 3.05) is 0 Å². The van der Waals surface area contributed by atoms with E-state index in [1.165, 1.54) is 0 Å². The van der Waals surface area contributed by atoms with E-state index in [9.17, 15) is 26.7 Å². The third-order valence-electron chi connectivity index (χ3n) is 8.89. The summed E-state index contributed by atoms with van der Waals surface area (Å²) in [7, 11) is 0. The van der Waals surface area contributed by atoms with Gasteiger partial charge in [-0.25, -0.2) is 22.0 Å². The number of carbonyl (C=O) groups excluding carboxylic acids is 1. The van der Waals surface area contributed by atoms with Crippen LogP contribution in [-0.2, 0) is 26.2 Å². The lowest BCUT2D eigenvalue weighted by Crippen LogP contribution is -2.32. The minimum absolute atomic E-state index is 0.131. The molecule has 45 heavy (non-hydrogen) atoms. The zero-order valence-electron chi connectivity index (χ0n) is 23.8. The average molecular weight is 610 g/mol. The average Bonchev–Trinajstić information content (AvgIpc) is 3.54. The van der Waals surface area contributed by atoms with E-state index in [2.05, 4.69) is 21.3 Å². The van der Waals surface area contributed by atoms with Gasteiger partial charge in [-0.2, -0.15) is 0 Å². The van der Waals surface area contributed by atoms with Gasteiger partial charge in [0.15, 0.2) is 23.3 Å². The van der Waals surface area contributed by atoms with Gasteiger partial charge in [0, 0.05) is 69.8 Å².